The second-order valence-corrected chi connectivity index (χ2v) is 5.66. The molecule has 150 valence electrons. The third kappa shape index (κ3) is 6.48. The highest BCUT2D eigenvalue weighted by molar-refractivity contribution is 5.85. The molecule has 0 spiro atoms. The quantitative estimate of drug-likeness (QED) is 0.710. The molecule has 1 saturated heterocycles. The lowest BCUT2D eigenvalue weighted by Gasteiger charge is -2.35. The fraction of sp³-hybridized carbons (Fsp3) is 0.600. The van der Waals surface area contributed by atoms with E-state index in [1.165, 1.54) is 12.1 Å². The Morgan fingerprint density at radius 3 is 2.23 bits per heavy atom. The van der Waals surface area contributed by atoms with Crippen molar-refractivity contribution < 1.29 is 35.5 Å². The Balaban J connectivity index is 0.00000338. The average Bonchev–Trinajstić information content (AvgIpc) is 2.52. The molecule has 0 radical (unpaired) electrons. The van der Waals surface area contributed by atoms with Gasteiger partial charge in [0.1, 0.15) is 5.75 Å². The largest absolute Gasteiger partial charge is 0.461 e. The van der Waals surface area contributed by atoms with Crippen molar-refractivity contribution in [3.8, 4) is 5.75 Å². The van der Waals surface area contributed by atoms with Crippen molar-refractivity contribution in [2.45, 2.75) is 31.2 Å². The molecule has 1 aromatic carbocycles. The van der Waals surface area contributed by atoms with E-state index < -0.39 is 36.9 Å². The first-order chi connectivity index (χ1) is 11.6. The molecule has 26 heavy (non-hydrogen) atoms. The molecular formula is C15H18ClF7N2O. The molecule has 0 aromatic heterocycles. The van der Waals surface area contributed by atoms with Crippen LogP contribution in [-0.2, 0) is 0 Å². The Morgan fingerprint density at radius 2 is 1.69 bits per heavy atom. The molecule has 1 N–H and O–H groups in total. The van der Waals surface area contributed by atoms with Crippen LogP contribution in [0.25, 0.3) is 0 Å². The predicted octanol–water partition coefficient (Wildman–Crippen LogP) is 4.24. The van der Waals surface area contributed by atoms with Crippen LogP contribution in [0.2, 0.25) is 0 Å². The highest BCUT2D eigenvalue weighted by Crippen LogP contribution is 2.36. The highest BCUT2D eigenvalue weighted by Gasteiger charge is 2.44. The summed E-state index contributed by atoms with van der Waals surface area (Å²) in [6, 6.07) is 3.39. The summed E-state index contributed by atoms with van der Waals surface area (Å²) in [5.41, 5.74) is 0.0850. The van der Waals surface area contributed by atoms with Crippen LogP contribution in [0.15, 0.2) is 24.3 Å². The van der Waals surface area contributed by atoms with Gasteiger partial charge in [-0.25, -0.2) is 0 Å². The van der Waals surface area contributed by atoms with Gasteiger partial charge in [-0.3, -0.25) is 4.90 Å². The second kappa shape index (κ2) is 9.09. The lowest BCUT2D eigenvalue weighted by molar-refractivity contribution is -0.253. The van der Waals surface area contributed by atoms with Crippen LogP contribution in [0, 0.1) is 0 Å². The van der Waals surface area contributed by atoms with Gasteiger partial charge in [-0.05, 0) is 17.7 Å². The molecule has 1 heterocycles. The maximum absolute atomic E-state index is 13.0. The average molecular weight is 411 g/mol. The number of alkyl halides is 7. The minimum atomic E-state index is -4.72. The molecule has 0 unspecified atom stereocenters. The van der Waals surface area contributed by atoms with Gasteiger partial charge in [0.2, 0.25) is 0 Å². The lowest BCUT2D eigenvalue weighted by Crippen LogP contribution is -2.46. The van der Waals surface area contributed by atoms with Crippen LogP contribution in [0.1, 0.15) is 18.0 Å². The fourth-order valence-electron chi connectivity index (χ4n) is 2.66. The number of benzene rings is 1. The summed E-state index contributed by atoms with van der Waals surface area (Å²) in [6.45, 7) is 1.68. The van der Waals surface area contributed by atoms with Crippen molar-refractivity contribution in [2.75, 3.05) is 26.2 Å². The van der Waals surface area contributed by atoms with Gasteiger partial charge in [-0.1, -0.05) is 12.1 Å². The molecule has 1 aliphatic rings. The van der Waals surface area contributed by atoms with E-state index in [-0.39, 0.29) is 18.0 Å². The minimum absolute atomic E-state index is 0. The third-order valence-corrected chi connectivity index (χ3v) is 3.77. The van der Waals surface area contributed by atoms with Crippen LogP contribution in [0.3, 0.4) is 0 Å². The van der Waals surface area contributed by atoms with E-state index in [0.29, 0.717) is 26.2 Å². The molecule has 0 bridgehead atoms. The van der Waals surface area contributed by atoms with Crippen molar-refractivity contribution in [1.29, 1.82) is 0 Å². The summed E-state index contributed by atoms with van der Waals surface area (Å²) >= 11 is 0. The van der Waals surface area contributed by atoms with Crippen LogP contribution in [0.5, 0.6) is 5.75 Å². The molecule has 11 heteroatoms. The Morgan fingerprint density at radius 1 is 1.08 bits per heavy atom. The topological polar surface area (TPSA) is 24.5 Å². The first kappa shape index (κ1) is 22.8. The summed E-state index contributed by atoms with van der Waals surface area (Å²) in [5.74, 6) is -0.606. The summed E-state index contributed by atoms with van der Waals surface area (Å²) in [7, 11) is 0. The van der Waals surface area contributed by atoms with Crippen LogP contribution < -0.4 is 10.1 Å². The van der Waals surface area contributed by atoms with E-state index in [9.17, 15) is 30.7 Å². The summed E-state index contributed by atoms with van der Waals surface area (Å²) in [4.78, 5) is 1.58. The van der Waals surface area contributed by atoms with Crippen molar-refractivity contribution in [1.82, 2.24) is 10.2 Å². The summed E-state index contributed by atoms with van der Waals surface area (Å²) < 4.78 is 93.3. The zero-order chi connectivity index (χ0) is 18.7. The van der Waals surface area contributed by atoms with E-state index >= 15 is 0 Å². The van der Waals surface area contributed by atoms with Gasteiger partial charge in [0.15, 0.2) is 0 Å². The number of ether oxygens (including phenoxy) is 1. The van der Waals surface area contributed by atoms with E-state index in [4.69, 9.17) is 0 Å². The van der Waals surface area contributed by atoms with Crippen molar-refractivity contribution in [3.63, 3.8) is 0 Å². The number of halogens is 8. The van der Waals surface area contributed by atoms with Gasteiger partial charge in [-0.2, -0.15) is 30.7 Å². The standard InChI is InChI=1S/C15H17F7N2O.ClH/c16-13(17)15(21,22)25-11-3-1-2-10(8-11)12(9-14(18,19)20)24-6-4-23-5-7-24;/h1-3,8,12-13,23H,4-7,9H2;1H/t12-;/m0./s1. The molecule has 0 saturated carbocycles. The number of hydrogen-bond acceptors (Lipinski definition) is 3. The summed E-state index contributed by atoms with van der Waals surface area (Å²) in [5, 5.41) is 3.01. The Bertz CT molecular complexity index is 565. The molecule has 0 aliphatic carbocycles. The number of hydrogen-bond donors (Lipinski definition) is 1. The van der Waals surface area contributed by atoms with Crippen molar-refractivity contribution >= 4 is 12.4 Å². The van der Waals surface area contributed by atoms with E-state index in [1.807, 2.05) is 0 Å². The van der Waals surface area contributed by atoms with Gasteiger partial charge in [0, 0.05) is 32.2 Å². The monoisotopic (exact) mass is 410 g/mol. The highest BCUT2D eigenvalue weighted by atomic mass is 35.5. The van der Waals surface area contributed by atoms with Gasteiger partial charge in [0.25, 0.3) is 0 Å². The summed E-state index contributed by atoms with van der Waals surface area (Å²) in [6.07, 6.45) is -14.4. The zero-order valence-corrected chi connectivity index (χ0v) is 14.2. The maximum atomic E-state index is 13.0. The molecular weight excluding hydrogens is 393 g/mol. The van der Waals surface area contributed by atoms with E-state index in [1.54, 1.807) is 4.90 Å². The van der Waals surface area contributed by atoms with Gasteiger partial charge < -0.3 is 10.1 Å². The minimum Gasteiger partial charge on any atom is -0.428 e. The first-order valence-electron chi connectivity index (χ1n) is 7.55. The SMILES string of the molecule is Cl.FC(F)C(F)(F)Oc1cccc([C@H](CC(F)(F)F)N2CCNCC2)c1. The molecule has 2 rings (SSSR count). The van der Waals surface area contributed by atoms with Gasteiger partial charge in [0.05, 0.1) is 6.42 Å². The molecule has 3 nitrogen and oxygen atoms in total. The van der Waals surface area contributed by atoms with Crippen LogP contribution in [0.4, 0.5) is 30.7 Å². The molecule has 1 fully saturated rings. The van der Waals surface area contributed by atoms with Gasteiger partial charge in [-0.15, -0.1) is 12.4 Å². The van der Waals surface area contributed by atoms with Crippen LogP contribution >= 0.6 is 12.4 Å². The molecule has 1 aliphatic heterocycles. The fourth-order valence-corrected chi connectivity index (χ4v) is 2.66. The Kier molecular flexibility index (Phi) is 7.97. The van der Waals surface area contributed by atoms with Crippen LogP contribution in [-0.4, -0.2) is 49.8 Å². The number of rotatable bonds is 6. The smallest absolute Gasteiger partial charge is 0.428 e. The van der Waals surface area contributed by atoms with Gasteiger partial charge >= 0.3 is 18.7 Å². The molecule has 1 atom stereocenters. The predicted molar refractivity (Wildman–Crippen MR) is 83.1 cm³/mol. The lowest BCUT2D eigenvalue weighted by atomic mass is 10.0. The molecule has 1 aromatic rings. The number of piperazine rings is 1. The van der Waals surface area contributed by atoms with E-state index in [2.05, 4.69) is 10.1 Å². The maximum Gasteiger partial charge on any atom is 0.461 e. The zero-order valence-electron chi connectivity index (χ0n) is 13.4. The van der Waals surface area contributed by atoms with Crippen molar-refractivity contribution in [3.05, 3.63) is 29.8 Å². The Labute approximate surface area is 151 Å². The normalized spacial score (nSPS) is 17.7. The van der Waals surface area contributed by atoms with E-state index in [0.717, 1.165) is 12.1 Å². The number of nitrogens with zero attached hydrogens (tertiary/aromatic N) is 1. The molecule has 0 amide bonds. The second-order valence-electron chi connectivity index (χ2n) is 5.66. The number of nitrogens with one attached hydrogen (secondary N) is 1. The Hall–Kier alpha value is -1.26. The van der Waals surface area contributed by atoms with Crippen molar-refractivity contribution in [2.24, 2.45) is 0 Å². The third-order valence-electron chi connectivity index (χ3n) is 3.77. The first-order valence-corrected chi connectivity index (χ1v) is 7.55.